The van der Waals surface area contributed by atoms with Crippen molar-refractivity contribution in [2.75, 3.05) is 6.61 Å². The summed E-state index contributed by atoms with van der Waals surface area (Å²) in [6.07, 6.45) is 0.00247. The van der Waals surface area contributed by atoms with Gasteiger partial charge in [0.2, 0.25) is 0 Å². The summed E-state index contributed by atoms with van der Waals surface area (Å²) >= 11 is 0. The Kier molecular flexibility index (Phi) is 4.55. The van der Waals surface area contributed by atoms with Gasteiger partial charge in [-0.3, -0.25) is 0 Å². The van der Waals surface area contributed by atoms with E-state index in [2.05, 4.69) is 65.8 Å². The Balaban J connectivity index is 2.14. The van der Waals surface area contributed by atoms with Crippen LogP contribution in [0.2, 0.25) is 0 Å². The van der Waals surface area contributed by atoms with Gasteiger partial charge in [0.15, 0.2) is 6.29 Å². The van der Waals surface area contributed by atoms with Crippen molar-refractivity contribution in [3.8, 4) is 0 Å². The van der Waals surface area contributed by atoms with Crippen molar-refractivity contribution in [3.05, 3.63) is 35.4 Å². The SMILES string of the molecule is CC(C)c1ccc([C@@H]2OCC(C)(C)[C@@H](C(C)C)O2)cc1. The molecule has 112 valence electrons. The van der Waals surface area contributed by atoms with Gasteiger partial charge in [0.25, 0.3) is 0 Å². The molecule has 0 radical (unpaired) electrons. The lowest BCUT2D eigenvalue weighted by atomic mass is 9.80. The molecule has 0 unspecified atom stereocenters. The van der Waals surface area contributed by atoms with E-state index in [0.717, 1.165) is 12.2 Å². The van der Waals surface area contributed by atoms with Crippen LogP contribution in [-0.2, 0) is 9.47 Å². The van der Waals surface area contributed by atoms with Gasteiger partial charge >= 0.3 is 0 Å². The van der Waals surface area contributed by atoms with Gasteiger partial charge in [0.1, 0.15) is 0 Å². The van der Waals surface area contributed by atoms with E-state index in [0.29, 0.717) is 11.8 Å². The second kappa shape index (κ2) is 5.87. The van der Waals surface area contributed by atoms with Gasteiger partial charge in [-0.1, -0.05) is 65.8 Å². The molecule has 0 aromatic heterocycles. The highest BCUT2D eigenvalue weighted by Gasteiger charge is 2.40. The van der Waals surface area contributed by atoms with Gasteiger partial charge < -0.3 is 9.47 Å². The molecule has 1 aromatic rings. The van der Waals surface area contributed by atoms with Crippen molar-refractivity contribution in [2.45, 2.75) is 59.9 Å². The Morgan fingerprint density at radius 1 is 1.05 bits per heavy atom. The summed E-state index contributed by atoms with van der Waals surface area (Å²) in [5, 5.41) is 0. The highest BCUT2D eigenvalue weighted by Crippen LogP contribution is 2.39. The summed E-state index contributed by atoms with van der Waals surface area (Å²) in [5.41, 5.74) is 2.54. The predicted octanol–water partition coefficient (Wildman–Crippen LogP) is 4.91. The van der Waals surface area contributed by atoms with Crippen LogP contribution in [0.3, 0.4) is 0 Å². The van der Waals surface area contributed by atoms with Crippen molar-refractivity contribution in [1.29, 1.82) is 0 Å². The van der Waals surface area contributed by atoms with Crippen molar-refractivity contribution in [2.24, 2.45) is 11.3 Å². The number of ether oxygens (including phenoxy) is 2. The molecule has 0 N–H and O–H groups in total. The Labute approximate surface area is 123 Å². The Hall–Kier alpha value is -0.860. The quantitative estimate of drug-likeness (QED) is 0.781. The third kappa shape index (κ3) is 3.24. The van der Waals surface area contributed by atoms with Gasteiger partial charge in [-0.05, 0) is 17.4 Å². The predicted molar refractivity (Wildman–Crippen MR) is 82.7 cm³/mol. The molecule has 0 amide bonds. The standard InChI is InChI=1S/C18H28O2/c1-12(2)14-7-9-15(10-8-14)17-19-11-18(5,6)16(20-17)13(3)4/h7-10,12-13,16-17H,11H2,1-6H3/t16-,17-/m1/s1. The van der Waals surface area contributed by atoms with E-state index in [4.69, 9.17) is 9.47 Å². The summed E-state index contributed by atoms with van der Waals surface area (Å²) in [6, 6.07) is 8.62. The molecule has 1 aromatic carbocycles. The molecule has 2 rings (SSSR count). The average Bonchev–Trinajstić information content (AvgIpc) is 2.38. The molecule has 1 fully saturated rings. The number of hydrogen-bond donors (Lipinski definition) is 0. The first kappa shape index (κ1) is 15.5. The van der Waals surface area contributed by atoms with Crippen LogP contribution in [-0.4, -0.2) is 12.7 Å². The smallest absolute Gasteiger partial charge is 0.184 e. The van der Waals surface area contributed by atoms with Crippen molar-refractivity contribution in [3.63, 3.8) is 0 Å². The highest BCUT2D eigenvalue weighted by molar-refractivity contribution is 5.25. The van der Waals surface area contributed by atoms with Crippen LogP contribution in [0.4, 0.5) is 0 Å². The van der Waals surface area contributed by atoms with E-state index in [1.807, 2.05) is 0 Å². The van der Waals surface area contributed by atoms with Crippen LogP contribution >= 0.6 is 0 Å². The molecule has 2 heteroatoms. The molecule has 0 spiro atoms. The second-order valence-corrected chi connectivity index (χ2v) is 7.25. The van der Waals surface area contributed by atoms with Crippen LogP contribution < -0.4 is 0 Å². The molecule has 1 heterocycles. The van der Waals surface area contributed by atoms with Crippen LogP contribution in [0, 0.1) is 11.3 Å². The van der Waals surface area contributed by atoms with E-state index in [9.17, 15) is 0 Å². The maximum atomic E-state index is 6.23. The Morgan fingerprint density at radius 3 is 2.15 bits per heavy atom. The minimum absolute atomic E-state index is 0.0720. The number of benzene rings is 1. The largest absolute Gasteiger partial charge is 0.348 e. The molecule has 0 bridgehead atoms. The molecule has 0 aliphatic carbocycles. The molecule has 1 saturated heterocycles. The fraction of sp³-hybridized carbons (Fsp3) is 0.667. The van der Waals surface area contributed by atoms with E-state index in [-0.39, 0.29) is 17.8 Å². The van der Waals surface area contributed by atoms with Crippen molar-refractivity contribution >= 4 is 0 Å². The monoisotopic (exact) mass is 276 g/mol. The lowest BCUT2D eigenvalue weighted by Crippen LogP contribution is -2.45. The zero-order valence-electron chi connectivity index (χ0n) is 13.6. The van der Waals surface area contributed by atoms with Crippen LogP contribution in [0.15, 0.2) is 24.3 Å². The average molecular weight is 276 g/mol. The first-order valence-corrected chi connectivity index (χ1v) is 7.68. The molecule has 1 aliphatic rings. The molecule has 2 atom stereocenters. The van der Waals surface area contributed by atoms with E-state index >= 15 is 0 Å². The molecule has 20 heavy (non-hydrogen) atoms. The van der Waals surface area contributed by atoms with Gasteiger partial charge in [-0.25, -0.2) is 0 Å². The lowest BCUT2D eigenvalue weighted by molar-refractivity contribution is -0.274. The molecule has 1 aliphatic heterocycles. The first-order valence-electron chi connectivity index (χ1n) is 7.68. The Bertz CT molecular complexity index is 431. The zero-order valence-corrected chi connectivity index (χ0v) is 13.6. The first-order chi connectivity index (χ1) is 9.31. The van der Waals surface area contributed by atoms with Gasteiger partial charge in [-0.15, -0.1) is 0 Å². The maximum Gasteiger partial charge on any atom is 0.184 e. The third-order valence-electron chi connectivity index (χ3n) is 4.13. The van der Waals surface area contributed by atoms with E-state index in [1.165, 1.54) is 5.56 Å². The minimum Gasteiger partial charge on any atom is -0.348 e. The fourth-order valence-corrected chi connectivity index (χ4v) is 3.00. The van der Waals surface area contributed by atoms with Crippen LogP contribution in [0.25, 0.3) is 0 Å². The van der Waals surface area contributed by atoms with Crippen molar-refractivity contribution < 1.29 is 9.47 Å². The molecular weight excluding hydrogens is 248 g/mol. The normalized spacial score (nSPS) is 26.2. The van der Waals surface area contributed by atoms with Crippen molar-refractivity contribution in [1.82, 2.24) is 0 Å². The molecule has 2 nitrogen and oxygen atoms in total. The zero-order chi connectivity index (χ0) is 14.9. The molecular formula is C18H28O2. The maximum absolute atomic E-state index is 6.23. The van der Waals surface area contributed by atoms with E-state index < -0.39 is 0 Å². The van der Waals surface area contributed by atoms with Gasteiger partial charge in [0, 0.05) is 11.0 Å². The summed E-state index contributed by atoms with van der Waals surface area (Å²) in [5.74, 6) is 1.05. The summed E-state index contributed by atoms with van der Waals surface area (Å²) in [7, 11) is 0. The van der Waals surface area contributed by atoms with Crippen LogP contribution in [0.5, 0.6) is 0 Å². The lowest BCUT2D eigenvalue weighted by Gasteiger charge is -2.44. The summed E-state index contributed by atoms with van der Waals surface area (Å²) < 4.78 is 12.2. The minimum atomic E-state index is -0.225. The third-order valence-corrected chi connectivity index (χ3v) is 4.13. The van der Waals surface area contributed by atoms with E-state index in [1.54, 1.807) is 0 Å². The summed E-state index contributed by atoms with van der Waals surface area (Å²) in [6.45, 7) is 14.0. The van der Waals surface area contributed by atoms with Gasteiger partial charge in [-0.2, -0.15) is 0 Å². The number of hydrogen-bond acceptors (Lipinski definition) is 2. The highest BCUT2D eigenvalue weighted by atomic mass is 16.7. The topological polar surface area (TPSA) is 18.5 Å². The van der Waals surface area contributed by atoms with Gasteiger partial charge in [0.05, 0.1) is 12.7 Å². The fourth-order valence-electron chi connectivity index (χ4n) is 3.00. The number of rotatable bonds is 3. The van der Waals surface area contributed by atoms with Crippen LogP contribution in [0.1, 0.15) is 64.9 Å². The molecule has 0 saturated carbocycles. The summed E-state index contributed by atoms with van der Waals surface area (Å²) in [4.78, 5) is 0. The second-order valence-electron chi connectivity index (χ2n) is 7.25. The Morgan fingerprint density at radius 2 is 1.65 bits per heavy atom.